The lowest BCUT2D eigenvalue weighted by Gasteiger charge is -2.19. The zero-order valence-electron chi connectivity index (χ0n) is 12.3. The topological polar surface area (TPSA) is 90.5 Å². The van der Waals surface area contributed by atoms with E-state index in [2.05, 4.69) is 4.98 Å². The molecule has 0 unspecified atom stereocenters. The van der Waals surface area contributed by atoms with Gasteiger partial charge >= 0.3 is 5.97 Å². The maximum Gasteiger partial charge on any atom is 0.323 e. The van der Waals surface area contributed by atoms with Crippen molar-refractivity contribution in [1.29, 1.82) is 0 Å². The maximum absolute atomic E-state index is 12.2. The summed E-state index contributed by atoms with van der Waals surface area (Å²) in [5.74, 6) is -1.42. The van der Waals surface area contributed by atoms with Gasteiger partial charge < -0.3 is 15.0 Å². The first-order chi connectivity index (χ1) is 10.5. The summed E-state index contributed by atoms with van der Waals surface area (Å²) in [6.07, 6.45) is 0.556. The minimum atomic E-state index is -1.06. The van der Waals surface area contributed by atoms with Crippen molar-refractivity contribution in [2.24, 2.45) is 0 Å². The predicted molar refractivity (Wildman–Crippen MR) is 82.8 cm³/mol. The average Bonchev–Trinajstić information content (AvgIpc) is 2.47. The van der Waals surface area contributed by atoms with E-state index < -0.39 is 5.97 Å². The fraction of sp³-hybridized carbons (Fsp3) is 0.312. The third kappa shape index (κ3) is 3.72. The lowest BCUT2D eigenvalue weighted by molar-refractivity contribution is -0.144. The first kappa shape index (κ1) is 15.8. The van der Waals surface area contributed by atoms with Crippen molar-refractivity contribution in [2.45, 2.75) is 19.8 Å². The first-order valence-corrected chi connectivity index (χ1v) is 7.11. The van der Waals surface area contributed by atoms with Crippen molar-refractivity contribution in [3.63, 3.8) is 0 Å². The fourth-order valence-corrected chi connectivity index (χ4v) is 2.32. The number of para-hydroxylation sites is 1. The molecule has 1 aromatic heterocycles. The summed E-state index contributed by atoms with van der Waals surface area (Å²) in [6.45, 7) is 1.87. The highest BCUT2D eigenvalue weighted by molar-refractivity contribution is 5.84. The van der Waals surface area contributed by atoms with Crippen LogP contribution < -0.4 is 5.56 Å². The van der Waals surface area contributed by atoms with Crippen LogP contribution in [0.4, 0.5) is 0 Å². The van der Waals surface area contributed by atoms with E-state index in [1.54, 1.807) is 12.1 Å². The molecule has 2 aromatic rings. The molecule has 1 amide bonds. The number of carboxylic acids is 1. The number of carboxylic acid groups (broad SMARTS) is 1. The number of nitrogens with one attached hydrogen (secondary N) is 1. The number of H-pyrrole nitrogens is 1. The molecule has 0 fully saturated rings. The van der Waals surface area contributed by atoms with E-state index in [1.165, 1.54) is 4.90 Å². The first-order valence-electron chi connectivity index (χ1n) is 7.11. The van der Waals surface area contributed by atoms with E-state index >= 15 is 0 Å². The molecule has 0 spiro atoms. The predicted octanol–water partition coefficient (Wildman–Crippen LogP) is 1.39. The normalized spacial score (nSPS) is 10.6. The summed E-state index contributed by atoms with van der Waals surface area (Å²) < 4.78 is 0. The van der Waals surface area contributed by atoms with E-state index in [4.69, 9.17) is 5.11 Å². The van der Waals surface area contributed by atoms with Crippen LogP contribution in [-0.2, 0) is 16.0 Å². The molecule has 0 saturated carbocycles. The second kappa shape index (κ2) is 6.89. The molecule has 0 aliphatic carbocycles. The lowest BCUT2D eigenvalue weighted by atomic mass is 10.1. The van der Waals surface area contributed by atoms with Gasteiger partial charge in [0.1, 0.15) is 6.54 Å². The highest BCUT2D eigenvalue weighted by atomic mass is 16.4. The van der Waals surface area contributed by atoms with E-state index in [9.17, 15) is 14.4 Å². The van der Waals surface area contributed by atoms with Gasteiger partial charge in [-0.15, -0.1) is 0 Å². The van der Waals surface area contributed by atoms with Crippen LogP contribution in [0.15, 0.2) is 35.1 Å². The number of aromatic nitrogens is 1. The molecule has 0 aliphatic heterocycles. The van der Waals surface area contributed by atoms with Crippen molar-refractivity contribution in [3.8, 4) is 0 Å². The van der Waals surface area contributed by atoms with Crippen molar-refractivity contribution in [2.75, 3.05) is 13.1 Å². The Labute approximate surface area is 127 Å². The van der Waals surface area contributed by atoms with Gasteiger partial charge in [-0.05, 0) is 23.9 Å². The monoisotopic (exact) mass is 302 g/mol. The number of rotatable bonds is 6. The van der Waals surface area contributed by atoms with E-state index in [0.29, 0.717) is 24.0 Å². The second-order valence-electron chi connectivity index (χ2n) is 5.10. The van der Waals surface area contributed by atoms with Gasteiger partial charge in [0.25, 0.3) is 5.56 Å². The molecule has 0 saturated heterocycles. The van der Waals surface area contributed by atoms with E-state index in [0.717, 1.165) is 5.39 Å². The Kier molecular flexibility index (Phi) is 4.93. The van der Waals surface area contributed by atoms with Crippen molar-refractivity contribution >= 4 is 22.8 Å². The Bertz CT molecular complexity index is 751. The molecule has 0 aliphatic rings. The van der Waals surface area contributed by atoms with Crippen LogP contribution in [0.1, 0.15) is 18.9 Å². The third-order valence-electron chi connectivity index (χ3n) is 3.34. The van der Waals surface area contributed by atoms with Gasteiger partial charge in [0, 0.05) is 17.6 Å². The number of amides is 1. The Hall–Kier alpha value is -2.63. The van der Waals surface area contributed by atoms with Crippen LogP contribution in [0.5, 0.6) is 0 Å². The minimum Gasteiger partial charge on any atom is -0.480 e. The summed E-state index contributed by atoms with van der Waals surface area (Å²) in [6, 6.07) is 8.98. The largest absolute Gasteiger partial charge is 0.480 e. The number of aromatic amines is 1. The highest BCUT2D eigenvalue weighted by Crippen LogP contribution is 2.11. The molecule has 0 radical (unpaired) electrons. The fourth-order valence-electron chi connectivity index (χ4n) is 2.32. The van der Waals surface area contributed by atoms with Gasteiger partial charge in [-0.3, -0.25) is 14.4 Å². The molecule has 6 heteroatoms. The van der Waals surface area contributed by atoms with Crippen LogP contribution in [0.2, 0.25) is 0 Å². The number of carbonyl (C=O) groups is 2. The van der Waals surface area contributed by atoms with Crippen LogP contribution in [0.25, 0.3) is 10.9 Å². The Morgan fingerprint density at radius 2 is 2.00 bits per heavy atom. The summed E-state index contributed by atoms with van der Waals surface area (Å²) in [5, 5.41) is 9.70. The number of carbonyl (C=O) groups excluding carboxylic acids is 1. The minimum absolute atomic E-state index is 0.104. The summed E-state index contributed by atoms with van der Waals surface area (Å²) >= 11 is 0. The quantitative estimate of drug-likeness (QED) is 0.843. The summed E-state index contributed by atoms with van der Waals surface area (Å²) in [7, 11) is 0. The Morgan fingerprint density at radius 1 is 1.27 bits per heavy atom. The second-order valence-corrected chi connectivity index (χ2v) is 5.10. The van der Waals surface area contributed by atoms with E-state index in [1.807, 2.05) is 25.1 Å². The number of hydrogen-bond acceptors (Lipinski definition) is 3. The number of nitrogens with zero attached hydrogens (tertiary/aromatic N) is 1. The summed E-state index contributed by atoms with van der Waals surface area (Å²) in [4.78, 5) is 39.1. The molecule has 1 heterocycles. The summed E-state index contributed by atoms with van der Waals surface area (Å²) in [5.41, 5.74) is 0.730. The van der Waals surface area contributed by atoms with Gasteiger partial charge in [0.15, 0.2) is 0 Å². The van der Waals surface area contributed by atoms with Gasteiger partial charge in [-0.25, -0.2) is 0 Å². The van der Waals surface area contributed by atoms with Gasteiger partial charge in [-0.1, -0.05) is 25.1 Å². The number of hydrogen-bond donors (Lipinski definition) is 2. The van der Waals surface area contributed by atoms with Crippen LogP contribution in [0, 0.1) is 0 Å². The standard InChI is InChI=1S/C16H18N2O4/c1-2-7-18(10-15(20)21)14(19)9-12-8-11-5-3-4-6-13(11)17-16(12)22/h3-6,8H,2,7,9-10H2,1H3,(H,17,22)(H,20,21). The van der Waals surface area contributed by atoms with Crippen LogP contribution in [0.3, 0.4) is 0 Å². The third-order valence-corrected chi connectivity index (χ3v) is 3.34. The molecule has 2 N–H and O–H groups in total. The SMILES string of the molecule is CCCN(CC(=O)O)C(=O)Cc1cc2ccccc2[nH]c1=O. The number of pyridine rings is 1. The van der Waals surface area contributed by atoms with Crippen LogP contribution in [-0.4, -0.2) is 40.0 Å². The smallest absolute Gasteiger partial charge is 0.323 e. The molecule has 0 atom stereocenters. The highest BCUT2D eigenvalue weighted by Gasteiger charge is 2.17. The van der Waals surface area contributed by atoms with Crippen molar-refractivity contribution in [3.05, 3.63) is 46.2 Å². The molecule has 116 valence electrons. The Balaban J connectivity index is 2.24. The number of aliphatic carboxylic acids is 1. The van der Waals surface area contributed by atoms with Crippen molar-refractivity contribution in [1.82, 2.24) is 9.88 Å². The maximum atomic E-state index is 12.2. The van der Waals surface area contributed by atoms with E-state index in [-0.39, 0.29) is 24.4 Å². The van der Waals surface area contributed by atoms with Gasteiger partial charge in [0.2, 0.25) is 5.91 Å². The molecule has 2 rings (SSSR count). The Morgan fingerprint density at radius 3 is 2.68 bits per heavy atom. The molecule has 22 heavy (non-hydrogen) atoms. The molecule has 6 nitrogen and oxygen atoms in total. The average molecular weight is 302 g/mol. The number of fused-ring (bicyclic) bond motifs is 1. The van der Waals surface area contributed by atoms with Crippen molar-refractivity contribution < 1.29 is 14.7 Å². The molecule has 0 bridgehead atoms. The zero-order chi connectivity index (χ0) is 16.1. The molecular weight excluding hydrogens is 284 g/mol. The van der Waals surface area contributed by atoms with Crippen LogP contribution >= 0.6 is 0 Å². The van der Waals surface area contributed by atoms with Gasteiger partial charge in [0.05, 0.1) is 6.42 Å². The molecular formula is C16H18N2O4. The number of benzene rings is 1. The lowest BCUT2D eigenvalue weighted by Crippen LogP contribution is -2.38. The van der Waals surface area contributed by atoms with Gasteiger partial charge in [-0.2, -0.15) is 0 Å². The molecule has 1 aromatic carbocycles. The zero-order valence-corrected chi connectivity index (χ0v) is 12.3.